The van der Waals surface area contributed by atoms with Gasteiger partial charge in [-0.25, -0.2) is 0 Å². The lowest BCUT2D eigenvalue weighted by atomic mass is 10.1. The van der Waals surface area contributed by atoms with Crippen molar-refractivity contribution in [1.29, 1.82) is 0 Å². The van der Waals surface area contributed by atoms with E-state index in [9.17, 15) is 19.2 Å². The highest BCUT2D eigenvalue weighted by Crippen LogP contribution is 2.32. The molecule has 1 N–H and O–H groups in total. The van der Waals surface area contributed by atoms with Crippen molar-refractivity contribution in [1.82, 2.24) is 4.90 Å². The summed E-state index contributed by atoms with van der Waals surface area (Å²) in [5, 5.41) is 2.31. The van der Waals surface area contributed by atoms with Gasteiger partial charge in [-0.2, -0.15) is 0 Å². The molecule has 3 rings (SSSR count). The number of nitrogens with one attached hydrogen (secondary N) is 1. The van der Waals surface area contributed by atoms with E-state index in [1.165, 1.54) is 0 Å². The number of imide groups is 1. The number of amides is 3. The number of carbonyl (C=O) groups excluding carboxylic acids is 4. The van der Waals surface area contributed by atoms with Crippen molar-refractivity contribution in [2.75, 3.05) is 25.1 Å². The first-order valence-corrected chi connectivity index (χ1v) is 11.1. The highest BCUT2D eigenvalue weighted by Gasteiger charge is 2.36. The Bertz CT molecular complexity index is 1110. The summed E-state index contributed by atoms with van der Waals surface area (Å²) in [6, 6.07) is 12.4. The lowest BCUT2D eigenvalue weighted by Gasteiger charge is -2.11. The maximum absolute atomic E-state index is 12.4. The molecule has 1 aliphatic rings. The molecule has 0 atom stereocenters. The van der Waals surface area contributed by atoms with E-state index >= 15 is 0 Å². The summed E-state index contributed by atoms with van der Waals surface area (Å²) >= 11 is 0.765. The third-order valence-corrected chi connectivity index (χ3v) is 5.80. The van der Waals surface area contributed by atoms with Crippen LogP contribution >= 0.6 is 11.8 Å². The number of benzene rings is 2. The van der Waals surface area contributed by atoms with Gasteiger partial charge in [-0.3, -0.25) is 24.1 Å². The fourth-order valence-corrected chi connectivity index (χ4v) is 3.84. The standard InChI is InChI=1S/C24H24N2O6S/c1-4-31-22(28)13-26-23(29)20(33-24(26)30)12-17-8-10-18(11-9-17)32-14-21(27)25-19-7-5-6-15(2)16(19)3/h5-12H,4,13-14H2,1-3H3,(H,25,27)/b20-12-. The van der Waals surface area contributed by atoms with Gasteiger partial charge in [0.15, 0.2) is 6.61 Å². The second kappa shape index (κ2) is 10.8. The Morgan fingerprint density at radius 1 is 1.09 bits per heavy atom. The van der Waals surface area contributed by atoms with E-state index in [1.54, 1.807) is 37.3 Å². The van der Waals surface area contributed by atoms with Gasteiger partial charge in [0, 0.05) is 5.69 Å². The summed E-state index contributed by atoms with van der Waals surface area (Å²) in [6.45, 7) is 5.18. The fraction of sp³-hybridized carbons (Fsp3) is 0.250. The number of anilines is 1. The van der Waals surface area contributed by atoms with E-state index in [4.69, 9.17) is 9.47 Å². The summed E-state index contributed by atoms with van der Waals surface area (Å²) in [4.78, 5) is 49.4. The van der Waals surface area contributed by atoms with Gasteiger partial charge in [0.05, 0.1) is 11.5 Å². The lowest BCUT2D eigenvalue weighted by molar-refractivity contribution is -0.146. The number of hydrogen-bond acceptors (Lipinski definition) is 7. The molecule has 8 nitrogen and oxygen atoms in total. The molecule has 3 amide bonds. The Morgan fingerprint density at radius 2 is 1.82 bits per heavy atom. The summed E-state index contributed by atoms with van der Waals surface area (Å²) in [7, 11) is 0. The average Bonchev–Trinajstić information content (AvgIpc) is 3.04. The Balaban J connectivity index is 1.56. The topological polar surface area (TPSA) is 102 Å². The number of carbonyl (C=O) groups is 4. The maximum atomic E-state index is 12.4. The Hall–Kier alpha value is -3.59. The van der Waals surface area contributed by atoms with Gasteiger partial charge >= 0.3 is 5.97 Å². The minimum atomic E-state index is -0.635. The number of rotatable bonds is 8. The largest absolute Gasteiger partial charge is 0.484 e. The molecule has 1 saturated heterocycles. The number of nitrogens with zero attached hydrogens (tertiary/aromatic N) is 1. The van der Waals surface area contributed by atoms with Gasteiger partial charge in [0.2, 0.25) is 0 Å². The third kappa shape index (κ3) is 6.23. The Kier molecular flexibility index (Phi) is 7.89. The number of esters is 1. The number of aryl methyl sites for hydroxylation is 1. The SMILES string of the molecule is CCOC(=O)CN1C(=O)S/C(=C\c2ccc(OCC(=O)Nc3cccc(C)c3C)cc2)C1=O. The zero-order valence-corrected chi connectivity index (χ0v) is 19.4. The molecular formula is C24H24N2O6S. The first kappa shape index (κ1) is 24.1. The van der Waals surface area contributed by atoms with Crippen molar-refractivity contribution >= 4 is 46.5 Å². The molecule has 1 aliphatic heterocycles. The monoisotopic (exact) mass is 468 g/mol. The van der Waals surface area contributed by atoms with Gasteiger partial charge in [-0.1, -0.05) is 24.3 Å². The molecule has 0 radical (unpaired) electrons. The van der Waals surface area contributed by atoms with Crippen molar-refractivity contribution < 1.29 is 28.7 Å². The van der Waals surface area contributed by atoms with E-state index < -0.39 is 23.7 Å². The van der Waals surface area contributed by atoms with Gasteiger partial charge < -0.3 is 14.8 Å². The molecule has 2 aromatic rings. The quantitative estimate of drug-likeness (QED) is 0.463. The second-order valence-corrected chi connectivity index (χ2v) is 8.22. The van der Waals surface area contributed by atoms with E-state index in [-0.39, 0.29) is 24.0 Å². The van der Waals surface area contributed by atoms with Crippen LogP contribution in [0, 0.1) is 13.8 Å². The molecule has 0 saturated carbocycles. The van der Waals surface area contributed by atoms with Gasteiger partial charge in [-0.15, -0.1) is 0 Å². The number of thioether (sulfide) groups is 1. The number of ether oxygens (including phenoxy) is 2. The summed E-state index contributed by atoms with van der Waals surface area (Å²) in [5.74, 6) is -0.965. The van der Waals surface area contributed by atoms with Crippen LogP contribution in [0.3, 0.4) is 0 Å². The molecule has 0 unspecified atom stereocenters. The van der Waals surface area contributed by atoms with Crippen molar-refractivity contribution in [2.45, 2.75) is 20.8 Å². The highest BCUT2D eigenvalue weighted by atomic mass is 32.2. The average molecular weight is 469 g/mol. The van der Waals surface area contributed by atoms with Crippen LogP contribution in [0.15, 0.2) is 47.4 Å². The van der Waals surface area contributed by atoms with Crippen LogP contribution in [0.4, 0.5) is 10.5 Å². The van der Waals surface area contributed by atoms with Gasteiger partial charge in [0.25, 0.3) is 17.1 Å². The summed E-state index contributed by atoms with van der Waals surface area (Å²) < 4.78 is 10.3. The van der Waals surface area contributed by atoms with Crippen molar-refractivity contribution in [2.24, 2.45) is 0 Å². The van der Waals surface area contributed by atoms with E-state index in [0.29, 0.717) is 11.3 Å². The highest BCUT2D eigenvalue weighted by molar-refractivity contribution is 8.18. The Labute approximate surface area is 195 Å². The normalized spacial score (nSPS) is 14.5. The molecule has 0 aliphatic carbocycles. The minimum Gasteiger partial charge on any atom is -0.484 e. The predicted molar refractivity (Wildman–Crippen MR) is 126 cm³/mol. The van der Waals surface area contributed by atoms with Crippen LogP contribution in [0.2, 0.25) is 0 Å². The van der Waals surface area contributed by atoms with E-state index in [1.807, 2.05) is 32.0 Å². The van der Waals surface area contributed by atoms with Crippen LogP contribution in [0.1, 0.15) is 23.6 Å². The second-order valence-electron chi connectivity index (χ2n) is 7.23. The molecule has 2 aromatic carbocycles. The molecule has 0 spiro atoms. The van der Waals surface area contributed by atoms with Crippen LogP contribution in [0.5, 0.6) is 5.75 Å². The van der Waals surface area contributed by atoms with E-state index in [0.717, 1.165) is 33.5 Å². The maximum Gasteiger partial charge on any atom is 0.326 e. The Morgan fingerprint density at radius 3 is 2.52 bits per heavy atom. The molecule has 1 fully saturated rings. The minimum absolute atomic E-state index is 0.153. The zero-order valence-electron chi connectivity index (χ0n) is 18.5. The van der Waals surface area contributed by atoms with E-state index in [2.05, 4.69) is 5.32 Å². The molecule has 33 heavy (non-hydrogen) atoms. The van der Waals surface area contributed by atoms with Gasteiger partial charge in [0.1, 0.15) is 12.3 Å². The first-order chi connectivity index (χ1) is 15.8. The smallest absolute Gasteiger partial charge is 0.326 e. The molecule has 172 valence electrons. The van der Waals surface area contributed by atoms with Crippen LogP contribution in [-0.2, 0) is 19.1 Å². The summed E-state index contributed by atoms with van der Waals surface area (Å²) in [6.07, 6.45) is 1.56. The van der Waals surface area contributed by atoms with Crippen LogP contribution < -0.4 is 10.1 Å². The van der Waals surface area contributed by atoms with Crippen LogP contribution in [0.25, 0.3) is 6.08 Å². The van der Waals surface area contributed by atoms with Crippen molar-refractivity contribution in [3.63, 3.8) is 0 Å². The van der Waals surface area contributed by atoms with Crippen molar-refractivity contribution in [3.05, 3.63) is 64.1 Å². The zero-order chi connectivity index (χ0) is 24.0. The number of hydrogen-bond donors (Lipinski definition) is 1. The van der Waals surface area contributed by atoms with Crippen LogP contribution in [-0.4, -0.2) is 47.7 Å². The molecule has 9 heteroatoms. The van der Waals surface area contributed by atoms with Gasteiger partial charge in [-0.05, 0) is 73.5 Å². The third-order valence-electron chi connectivity index (χ3n) is 4.89. The lowest BCUT2D eigenvalue weighted by Crippen LogP contribution is -2.34. The summed E-state index contributed by atoms with van der Waals surface area (Å²) in [5.41, 5.74) is 3.50. The molecule has 1 heterocycles. The molecule has 0 bridgehead atoms. The van der Waals surface area contributed by atoms with Crippen molar-refractivity contribution in [3.8, 4) is 5.75 Å². The molecule has 0 aromatic heterocycles. The first-order valence-electron chi connectivity index (χ1n) is 10.3. The molecular weight excluding hydrogens is 444 g/mol. The fourth-order valence-electron chi connectivity index (χ4n) is 3.01. The predicted octanol–water partition coefficient (Wildman–Crippen LogP) is 3.92.